The van der Waals surface area contributed by atoms with Gasteiger partial charge in [-0.25, -0.2) is 0 Å². The van der Waals surface area contributed by atoms with Crippen LogP contribution in [-0.2, 0) is 11.2 Å². The van der Waals surface area contributed by atoms with Gasteiger partial charge in [-0.2, -0.15) is 0 Å². The van der Waals surface area contributed by atoms with E-state index in [1.807, 2.05) is 25.1 Å². The molecule has 1 heterocycles. The van der Waals surface area contributed by atoms with Crippen molar-refractivity contribution in [3.63, 3.8) is 0 Å². The lowest BCUT2D eigenvalue weighted by Crippen LogP contribution is -2.23. The highest BCUT2D eigenvalue weighted by atomic mass is 32.1. The van der Waals surface area contributed by atoms with Crippen molar-refractivity contribution in [1.82, 2.24) is 0 Å². The second kappa shape index (κ2) is 5.29. The van der Waals surface area contributed by atoms with E-state index in [0.29, 0.717) is 0 Å². The smallest absolute Gasteiger partial charge is 0.231 e. The number of aryl methyl sites for hydroxylation is 2. The van der Waals surface area contributed by atoms with Crippen LogP contribution < -0.4 is 11.1 Å². The number of nitrogen functional groups attached to an aromatic ring is 1. The molecule has 1 amide bonds. The number of fused-ring (bicyclic) bond motifs is 1. The summed E-state index contributed by atoms with van der Waals surface area (Å²) >= 11 is 1.76. The molecular formula is C16H18N2OS. The summed E-state index contributed by atoms with van der Waals surface area (Å²) in [5.74, 6) is 0.0800. The van der Waals surface area contributed by atoms with Crippen LogP contribution in [0.5, 0.6) is 0 Å². The van der Waals surface area contributed by atoms with Gasteiger partial charge in [-0.05, 0) is 67.0 Å². The molecule has 0 radical (unpaired) electrons. The van der Waals surface area contributed by atoms with Crippen molar-refractivity contribution in [2.75, 3.05) is 11.1 Å². The Morgan fingerprint density at radius 3 is 3.05 bits per heavy atom. The molecule has 1 aliphatic carbocycles. The summed E-state index contributed by atoms with van der Waals surface area (Å²) < 4.78 is 0. The SMILES string of the molecule is Cc1cc(NC(=O)C2CCCc3sccc32)ccc1N. The lowest BCUT2D eigenvalue weighted by atomic mass is 9.87. The van der Waals surface area contributed by atoms with E-state index in [-0.39, 0.29) is 11.8 Å². The molecule has 1 aromatic carbocycles. The van der Waals surface area contributed by atoms with Crippen LogP contribution in [0, 0.1) is 6.92 Å². The molecule has 0 spiro atoms. The molecule has 1 unspecified atom stereocenters. The minimum Gasteiger partial charge on any atom is -0.399 e. The summed E-state index contributed by atoms with van der Waals surface area (Å²) in [7, 11) is 0. The van der Waals surface area contributed by atoms with Crippen molar-refractivity contribution in [1.29, 1.82) is 0 Å². The number of carbonyl (C=O) groups is 1. The van der Waals surface area contributed by atoms with Crippen LogP contribution in [0.15, 0.2) is 29.6 Å². The van der Waals surface area contributed by atoms with Crippen molar-refractivity contribution in [2.45, 2.75) is 32.1 Å². The first-order chi connectivity index (χ1) is 9.65. The van der Waals surface area contributed by atoms with Crippen LogP contribution >= 0.6 is 11.3 Å². The van der Waals surface area contributed by atoms with E-state index in [1.165, 1.54) is 10.4 Å². The van der Waals surface area contributed by atoms with Crippen LogP contribution in [0.2, 0.25) is 0 Å². The Bertz CT molecular complexity index is 648. The highest BCUT2D eigenvalue weighted by molar-refractivity contribution is 7.10. The maximum atomic E-state index is 12.5. The van der Waals surface area contributed by atoms with Gasteiger partial charge in [-0.15, -0.1) is 11.3 Å². The number of nitrogens with two attached hydrogens (primary N) is 1. The first-order valence-electron chi connectivity index (χ1n) is 6.88. The summed E-state index contributed by atoms with van der Waals surface area (Å²) in [6.07, 6.45) is 3.13. The van der Waals surface area contributed by atoms with Gasteiger partial charge in [-0.1, -0.05) is 0 Å². The summed E-state index contributed by atoms with van der Waals surface area (Å²) in [5.41, 5.74) is 9.58. The monoisotopic (exact) mass is 286 g/mol. The average Bonchev–Trinajstić information content (AvgIpc) is 2.91. The fourth-order valence-electron chi connectivity index (χ4n) is 2.74. The van der Waals surface area contributed by atoms with E-state index < -0.39 is 0 Å². The third kappa shape index (κ3) is 2.43. The zero-order chi connectivity index (χ0) is 14.1. The third-order valence-electron chi connectivity index (χ3n) is 3.91. The molecule has 20 heavy (non-hydrogen) atoms. The Hall–Kier alpha value is -1.81. The highest BCUT2D eigenvalue weighted by Gasteiger charge is 2.27. The Labute approximate surface area is 122 Å². The van der Waals surface area contributed by atoms with Crippen molar-refractivity contribution in [3.05, 3.63) is 45.6 Å². The molecule has 0 fully saturated rings. The number of nitrogens with one attached hydrogen (secondary N) is 1. The van der Waals surface area contributed by atoms with Crippen LogP contribution in [0.4, 0.5) is 11.4 Å². The van der Waals surface area contributed by atoms with E-state index in [2.05, 4.69) is 16.8 Å². The summed E-state index contributed by atoms with van der Waals surface area (Å²) in [4.78, 5) is 13.9. The molecular weight excluding hydrogens is 268 g/mol. The second-order valence-electron chi connectivity index (χ2n) is 5.30. The minimum atomic E-state index is -0.0112. The molecule has 4 heteroatoms. The maximum absolute atomic E-state index is 12.5. The van der Waals surface area contributed by atoms with E-state index in [9.17, 15) is 4.79 Å². The number of amides is 1. The number of hydrogen-bond acceptors (Lipinski definition) is 3. The van der Waals surface area contributed by atoms with Crippen molar-refractivity contribution in [3.8, 4) is 0 Å². The lowest BCUT2D eigenvalue weighted by molar-refractivity contribution is -0.117. The summed E-state index contributed by atoms with van der Waals surface area (Å²) in [5, 5.41) is 5.11. The van der Waals surface area contributed by atoms with E-state index >= 15 is 0 Å². The largest absolute Gasteiger partial charge is 0.399 e. The average molecular weight is 286 g/mol. The molecule has 104 valence electrons. The van der Waals surface area contributed by atoms with Crippen molar-refractivity contribution >= 4 is 28.6 Å². The van der Waals surface area contributed by atoms with Crippen molar-refractivity contribution in [2.24, 2.45) is 0 Å². The zero-order valence-corrected chi connectivity index (χ0v) is 12.3. The number of anilines is 2. The van der Waals surface area contributed by atoms with Crippen molar-refractivity contribution < 1.29 is 4.79 Å². The van der Waals surface area contributed by atoms with Gasteiger partial charge >= 0.3 is 0 Å². The van der Waals surface area contributed by atoms with Gasteiger partial charge in [0.15, 0.2) is 0 Å². The minimum absolute atomic E-state index is 0.0112. The van der Waals surface area contributed by atoms with Gasteiger partial charge < -0.3 is 11.1 Å². The standard InChI is InChI=1S/C16H18N2OS/c1-10-9-11(5-6-14(10)17)18-16(19)13-3-2-4-15-12(13)7-8-20-15/h5-9,13H,2-4,17H2,1H3,(H,18,19). The second-order valence-corrected chi connectivity index (χ2v) is 6.31. The van der Waals surface area contributed by atoms with Gasteiger partial charge in [-0.3, -0.25) is 4.79 Å². The first-order valence-corrected chi connectivity index (χ1v) is 7.76. The predicted molar refractivity (Wildman–Crippen MR) is 84.2 cm³/mol. The van der Waals surface area contributed by atoms with Crippen LogP contribution in [0.25, 0.3) is 0 Å². The van der Waals surface area contributed by atoms with Gasteiger partial charge in [0.2, 0.25) is 5.91 Å². The molecule has 3 rings (SSSR count). The first kappa shape index (κ1) is 13.2. The van der Waals surface area contributed by atoms with Crippen LogP contribution in [0.1, 0.15) is 34.8 Å². The number of benzene rings is 1. The molecule has 0 saturated heterocycles. The Kier molecular flexibility index (Phi) is 3.49. The topological polar surface area (TPSA) is 55.1 Å². The molecule has 2 aromatic rings. The van der Waals surface area contributed by atoms with Gasteiger partial charge in [0.25, 0.3) is 0 Å². The summed E-state index contributed by atoms with van der Waals surface area (Å²) in [6, 6.07) is 7.71. The van der Waals surface area contributed by atoms with Crippen LogP contribution in [0.3, 0.4) is 0 Å². The van der Waals surface area contributed by atoms with E-state index in [1.54, 1.807) is 11.3 Å². The molecule has 1 aliphatic rings. The Balaban J connectivity index is 1.79. The normalized spacial score (nSPS) is 17.6. The third-order valence-corrected chi connectivity index (χ3v) is 4.90. The molecule has 3 N–H and O–H groups in total. The van der Waals surface area contributed by atoms with Gasteiger partial charge in [0, 0.05) is 16.3 Å². The molecule has 1 atom stereocenters. The molecule has 1 aromatic heterocycles. The highest BCUT2D eigenvalue weighted by Crippen LogP contribution is 2.35. The van der Waals surface area contributed by atoms with Gasteiger partial charge in [0.1, 0.15) is 0 Å². The lowest BCUT2D eigenvalue weighted by Gasteiger charge is -2.22. The molecule has 0 aliphatic heterocycles. The Morgan fingerprint density at radius 1 is 1.40 bits per heavy atom. The fourth-order valence-corrected chi connectivity index (χ4v) is 3.73. The molecule has 0 bridgehead atoms. The predicted octanol–water partition coefficient (Wildman–Crippen LogP) is 3.70. The van der Waals surface area contributed by atoms with Gasteiger partial charge in [0.05, 0.1) is 5.92 Å². The molecule has 0 saturated carbocycles. The van der Waals surface area contributed by atoms with E-state index in [0.717, 1.165) is 36.2 Å². The number of carbonyl (C=O) groups excluding carboxylic acids is 1. The maximum Gasteiger partial charge on any atom is 0.231 e. The number of hydrogen-bond donors (Lipinski definition) is 2. The quantitative estimate of drug-likeness (QED) is 0.827. The number of rotatable bonds is 2. The number of thiophene rings is 1. The summed E-state index contributed by atoms with van der Waals surface area (Å²) in [6.45, 7) is 1.95. The zero-order valence-electron chi connectivity index (χ0n) is 11.5. The molecule has 3 nitrogen and oxygen atoms in total. The van der Waals surface area contributed by atoms with E-state index in [4.69, 9.17) is 5.73 Å². The van der Waals surface area contributed by atoms with Crippen LogP contribution in [-0.4, -0.2) is 5.91 Å². The Morgan fingerprint density at radius 2 is 2.25 bits per heavy atom. The fraction of sp³-hybridized carbons (Fsp3) is 0.312.